The Bertz CT molecular complexity index is 164. The molecule has 2 saturated heterocycles. The van der Waals surface area contributed by atoms with Crippen molar-refractivity contribution in [3.05, 3.63) is 0 Å². The number of piperidine rings is 1. The van der Waals surface area contributed by atoms with Crippen molar-refractivity contribution in [2.75, 3.05) is 26.2 Å². The molecule has 0 aromatic heterocycles. The minimum atomic E-state index is 0.617. The number of halogens is 1. The molecule has 2 aliphatic rings. The summed E-state index contributed by atoms with van der Waals surface area (Å²) in [7, 11) is 0. The molecule has 0 amide bonds. The molecule has 70 valence electrons. The maximum absolute atomic E-state index is 2.56. The lowest BCUT2D eigenvalue weighted by molar-refractivity contribution is 0.0278. The van der Waals surface area contributed by atoms with Crippen LogP contribution in [0.2, 0.25) is 0 Å². The fourth-order valence-electron chi connectivity index (χ4n) is 2.29. The van der Waals surface area contributed by atoms with Crippen LogP contribution in [0, 0.1) is 0 Å². The molecule has 2 aliphatic heterocycles. The number of rotatable bonds is 1. The highest BCUT2D eigenvalue weighted by molar-refractivity contribution is 14.1. The number of nitrogens with zero attached hydrogens (tertiary/aromatic N) is 2. The van der Waals surface area contributed by atoms with Crippen molar-refractivity contribution >= 4 is 22.9 Å². The van der Waals surface area contributed by atoms with Gasteiger partial charge in [0.05, 0.1) is 0 Å². The number of hydrogen-bond acceptors (Lipinski definition) is 2. The average molecular weight is 280 g/mol. The van der Waals surface area contributed by atoms with E-state index in [1.54, 1.807) is 0 Å². The van der Waals surface area contributed by atoms with Crippen LogP contribution in [0.15, 0.2) is 0 Å². The quantitative estimate of drug-likeness (QED) is 0.534. The van der Waals surface area contributed by atoms with Crippen molar-refractivity contribution in [2.24, 2.45) is 0 Å². The van der Waals surface area contributed by atoms with Crippen molar-refractivity contribution in [2.45, 2.75) is 31.7 Å². The molecule has 1 spiro atoms. The molecule has 2 heterocycles. The molecule has 0 radical (unpaired) electrons. The molecule has 0 unspecified atom stereocenters. The molecule has 2 fully saturated rings. The lowest BCUT2D eigenvalue weighted by Gasteiger charge is -2.53. The second-order valence-electron chi connectivity index (χ2n) is 3.99. The topological polar surface area (TPSA) is 6.48 Å². The summed E-state index contributed by atoms with van der Waals surface area (Å²) < 4.78 is 2.53. The largest absolute Gasteiger partial charge is 0.303 e. The van der Waals surface area contributed by atoms with Crippen LogP contribution in [-0.2, 0) is 0 Å². The Kier molecular flexibility index (Phi) is 2.63. The Morgan fingerprint density at radius 3 is 2.08 bits per heavy atom. The highest BCUT2D eigenvalue weighted by atomic mass is 127. The Labute approximate surface area is 88.8 Å². The summed E-state index contributed by atoms with van der Waals surface area (Å²) in [5, 5.41) is 0. The van der Waals surface area contributed by atoms with E-state index in [1.807, 2.05) is 0 Å². The van der Waals surface area contributed by atoms with Gasteiger partial charge in [-0.15, -0.1) is 0 Å². The zero-order valence-electron chi connectivity index (χ0n) is 7.72. The van der Waals surface area contributed by atoms with Crippen molar-refractivity contribution in [3.63, 3.8) is 0 Å². The molecule has 0 atom stereocenters. The average Bonchev–Trinajstić information content (AvgIpc) is 2.16. The summed E-state index contributed by atoms with van der Waals surface area (Å²) in [5.41, 5.74) is 0.617. The first-order chi connectivity index (χ1) is 5.77. The van der Waals surface area contributed by atoms with E-state index < -0.39 is 0 Å². The molecule has 2 rings (SSSR count). The molecular weight excluding hydrogens is 263 g/mol. The van der Waals surface area contributed by atoms with Crippen LogP contribution < -0.4 is 0 Å². The van der Waals surface area contributed by atoms with Gasteiger partial charge in [0.25, 0.3) is 0 Å². The molecule has 3 heteroatoms. The maximum atomic E-state index is 2.56. The second kappa shape index (κ2) is 3.42. The van der Waals surface area contributed by atoms with Gasteiger partial charge in [-0.1, -0.05) is 6.92 Å². The van der Waals surface area contributed by atoms with Crippen LogP contribution >= 0.6 is 22.9 Å². The summed E-state index contributed by atoms with van der Waals surface area (Å²) >= 11 is 2.50. The minimum absolute atomic E-state index is 0.617. The highest BCUT2D eigenvalue weighted by Crippen LogP contribution is 2.42. The van der Waals surface area contributed by atoms with Crippen molar-refractivity contribution in [1.82, 2.24) is 8.01 Å². The van der Waals surface area contributed by atoms with Crippen LogP contribution in [0.25, 0.3) is 0 Å². The Morgan fingerprint density at radius 1 is 1.17 bits per heavy atom. The molecular formula is C9H17IN2. The van der Waals surface area contributed by atoms with E-state index in [4.69, 9.17) is 0 Å². The molecule has 12 heavy (non-hydrogen) atoms. The molecule has 0 saturated carbocycles. The van der Waals surface area contributed by atoms with Gasteiger partial charge in [0.1, 0.15) is 0 Å². The molecule has 0 bridgehead atoms. The second-order valence-corrected chi connectivity index (χ2v) is 5.16. The SMILES string of the molecule is CCN1CCC2(CC1)CCN2I. The number of hydrogen-bond donors (Lipinski definition) is 0. The summed E-state index contributed by atoms with van der Waals surface area (Å²) in [6.07, 6.45) is 4.22. The Hall–Kier alpha value is 0.650. The lowest BCUT2D eigenvalue weighted by Crippen LogP contribution is -2.59. The van der Waals surface area contributed by atoms with E-state index in [1.165, 1.54) is 45.4 Å². The van der Waals surface area contributed by atoms with Crippen molar-refractivity contribution in [1.29, 1.82) is 0 Å². The highest BCUT2D eigenvalue weighted by Gasteiger charge is 2.44. The molecule has 0 N–H and O–H groups in total. The van der Waals surface area contributed by atoms with Gasteiger partial charge < -0.3 is 4.90 Å². The van der Waals surface area contributed by atoms with Crippen LogP contribution in [-0.4, -0.2) is 39.7 Å². The first-order valence-electron chi connectivity index (χ1n) is 4.93. The van der Waals surface area contributed by atoms with Gasteiger partial charge in [0.15, 0.2) is 0 Å². The molecule has 0 aromatic rings. The zero-order valence-corrected chi connectivity index (χ0v) is 9.88. The molecule has 0 aliphatic carbocycles. The number of likely N-dealkylation sites (tertiary alicyclic amines) is 1. The third kappa shape index (κ3) is 1.40. The third-order valence-corrected chi connectivity index (χ3v) is 5.03. The van der Waals surface area contributed by atoms with Crippen LogP contribution in [0.3, 0.4) is 0 Å². The van der Waals surface area contributed by atoms with Gasteiger partial charge in [-0.05, 0) is 38.9 Å². The predicted octanol–water partition coefficient (Wildman–Crippen LogP) is 1.90. The van der Waals surface area contributed by atoms with Gasteiger partial charge >= 0.3 is 0 Å². The zero-order chi connectivity index (χ0) is 8.60. The van der Waals surface area contributed by atoms with Crippen LogP contribution in [0.1, 0.15) is 26.2 Å². The smallest absolute Gasteiger partial charge is 0.0342 e. The molecule has 0 aromatic carbocycles. The van der Waals surface area contributed by atoms with E-state index in [9.17, 15) is 0 Å². The lowest BCUT2D eigenvalue weighted by atomic mass is 9.79. The monoisotopic (exact) mass is 280 g/mol. The van der Waals surface area contributed by atoms with E-state index in [-0.39, 0.29) is 0 Å². The summed E-state index contributed by atoms with van der Waals surface area (Å²) in [6, 6.07) is 0. The van der Waals surface area contributed by atoms with Crippen molar-refractivity contribution < 1.29 is 0 Å². The summed E-state index contributed by atoms with van der Waals surface area (Å²) in [4.78, 5) is 2.56. The molecule has 2 nitrogen and oxygen atoms in total. The maximum Gasteiger partial charge on any atom is 0.0342 e. The Morgan fingerprint density at radius 2 is 1.75 bits per heavy atom. The standard InChI is InChI=1S/C9H17IN2/c1-2-11-6-3-9(4-7-11)5-8-12(9)10/h2-8H2,1H3. The fourth-order valence-corrected chi connectivity index (χ4v) is 3.26. The summed E-state index contributed by atoms with van der Waals surface area (Å²) in [5.74, 6) is 0. The summed E-state index contributed by atoms with van der Waals surface area (Å²) in [6.45, 7) is 7.44. The third-order valence-electron chi connectivity index (χ3n) is 3.52. The van der Waals surface area contributed by atoms with E-state index in [2.05, 4.69) is 37.8 Å². The first-order valence-corrected chi connectivity index (χ1v) is 5.89. The minimum Gasteiger partial charge on any atom is -0.303 e. The van der Waals surface area contributed by atoms with Crippen LogP contribution in [0.4, 0.5) is 0 Å². The van der Waals surface area contributed by atoms with Gasteiger partial charge in [-0.25, -0.2) is 3.11 Å². The van der Waals surface area contributed by atoms with E-state index in [0.29, 0.717) is 5.54 Å². The van der Waals surface area contributed by atoms with Gasteiger partial charge in [-0.2, -0.15) is 0 Å². The van der Waals surface area contributed by atoms with Crippen molar-refractivity contribution in [3.8, 4) is 0 Å². The Balaban J connectivity index is 1.89. The fraction of sp³-hybridized carbons (Fsp3) is 1.00. The van der Waals surface area contributed by atoms with Gasteiger partial charge in [0.2, 0.25) is 0 Å². The normalized spacial score (nSPS) is 30.5. The van der Waals surface area contributed by atoms with Gasteiger partial charge in [0, 0.05) is 34.9 Å². The first kappa shape index (κ1) is 9.21. The van der Waals surface area contributed by atoms with E-state index >= 15 is 0 Å². The van der Waals surface area contributed by atoms with E-state index in [0.717, 1.165) is 0 Å². The predicted molar refractivity (Wildman–Crippen MR) is 59.4 cm³/mol. The van der Waals surface area contributed by atoms with Gasteiger partial charge in [-0.3, -0.25) is 0 Å². The van der Waals surface area contributed by atoms with Crippen LogP contribution in [0.5, 0.6) is 0 Å².